The lowest BCUT2D eigenvalue weighted by Gasteiger charge is -2.34. The molecule has 1 fully saturated rings. The van der Waals surface area contributed by atoms with Gasteiger partial charge in [0.2, 0.25) is 10.0 Å². The molecule has 5 rings (SSSR count). The van der Waals surface area contributed by atoms with Crippen molar-refractivity contribution in [1.29, 1.82) is 5.26 Å². The fourth-order valence-corrected chi connectivity index (χ4v) is 7.92. The van der Waals surface area contributed by atoms with E-state index < -0.39 is 16.0 Å². The molecule has 1 aliphatic heterocycles. The summed E-state index contributed by atoms with van der Waals surface area (Å²) in [6.45, 7) is 2.65. The van der Waals surface area contributed by atoms with Gasteiger partial charge in [-0.25, -0.2) is 17.9 Å². The Hall–Kier alpha value is -3.98. The van der Waals surface area contributed by atoms with Gasteiger partial charge in [0.25, 0.3) is 5.91 Å². The highest BCUT2D eigenvalue weighted by Gasteiger charge is 2.29. The molecule has 1 saturated heterocycles. The molecule has 0 spiro atoms. The molecular formula is C37H38Cl2N4O5S. The molecule has 4 aromatic carbocycles. The second-order valence-corrected chi connectivity index (χ2v) is 14.9. The number of nitrogens with one attached hydrogen (secondary N) is 1. The Morgan fingerprint density at radius 1 is 1.04 bits per heavy atom. The molecule has 0 aromatic heterocycles. The Morgan fingerprint density at radius 2 is 1.78 bits per heavy atom. The third-order valence-corrected chi connectivity index (χ3v) is 11.5. The third kappa shape index (κ3) is 8.26. The number of piperidine rings is 1. The summed E-state index contributed by atoms with van der Waals surface area (Å²) in [5.41, 5.74) is 2.73. The fraction of sp³-hybridized carbons (Fsp3) is 0.324. The molecular weight excluding hydrogens is 683 g/mol. The summed E-state index contributed by atoms with van der Waals surface area (Å²) in [6.07, 6.45) is 2.20. The zero-order valence-electron chi connectivity index (χ0n) is 27.6. The predicted molar refractivity (Wildman–Crippen MR) is 192 cm³/mol. The lowest BCUT2D eigenvalue weighted by molar-refractivity contribution is 0.0600. The number of methoxy groups -OCH3 is 1. The number of nitrogens with zero attached hydrogens (tertiary/aromatic N) is 3. The number of ether oxygens (including phenoxy) is 1. The zero-order chi connectivity index (χ0) is 35.3. The van der Waals surface area contributed by atoms with Crippen LogP contribution < -0.4 is 4.72 Å². The number of sulfonamides is 1. The molecule has 12 heteroatoms. The van der Waals surface area contributed by atoms with E-state index in [9.17, 15) is 23.3 Å². The first kappa shape index (κ1) is 36.3. The number of nitriles is 1. The second kappa shape index (κ2) is 15.7. The van der Waals surface area contributed by atoms with Crippen molar-refractivity contribution in [3.63, 3.8) is 0 Å². The van der Waals surface area contributed by atoms with Crippen LogP contribution in [0.25, 0.3) is 10.8 Å². The predicted octanol–water partition coefficient (Wildman–Crippen LogP) is 6.84. The highest BCUT2D eigenvalue weighted by atomic mass is 35.5. The average Bonchev–Trinajstić information content (AvgIpc) is 3.13. The van der Waals surface area contributed by atoms with Crippen LogP contribution in [-0.4, -0.2) is 77.5 Å². The van der Waals surface area contributed by atoms with Gasteiger partial charge in [-0.3, -0.25) is 4.79 Å². The normalized spacial score (nSPS) is 14.7. The Bertz CT molecular complexity index is 2020. The topological polar surface area (TPSA) is 120 Å². The largest absolute Gasteiger partial charge is 0.465 e. The van der Waals surface area contributed by atoms with Crippen LogP contribution in [0.2, 0.25) is 10.0 Å². The smallest absolute Gasteiger partial charge is 0.337 e. The zero-order valence-corrected chi connectivity index (χ0v) is 29.9. The minimum absolute atomic E-state index is 0.00491. The van der Waals surface area contributed by atoms with Crippen LogP contribution in [0, 0.1) is 11.3 Å². The molecule has 1 heterocycles. The first-order valence-corrected chi connectivity index (χ1v) is 18.2. The Kier molecular flexibility index (Phi) is 11.6. The van der Waals surface area contributed by atoms with Crippen molar-refractivity contribution < 1.29 is 22.7 Å². The van der Waals surface area contributed by atoms with Gasteiger partial charge in [0.15, 0.2) is 0 Å². The van der Waals surface area contributed by atoms with Crippen molar-refractivity contribution in [1.82, 2.24) is 14.5 Å². The Labute approximate surface area is 297 Å². The number of hydrogen-bond acceptors (Lipinski definition) is 7. The third-order valence-electron chi connectivity index (χ3n) is 9.29. The number of halogens is 2. The van der Waals surface area contributed by atoms with Crippen molar-refractivity contribution in [2.75, 3.05) is 47.4 Å². The first-order valence-electron chi connectivity index (χ1n) is 16.0. The Morgan fingerprint density at radius 3 is 2.45 bits per heavy atom. The van der Waals surface area contributed by atoms with Gasteiger partial charge in [-0.1, -0.05) is 59.6 Å². The van der Waals surface area contributed by atoms with E-state index >= 15 is 0 Å². The molecule has 0 bridgehead atoms. The maximum atomic E-state index is 13.9. The summed E-state index contributed by atoms with van der Waals surface area (Å²) < 4.78 is 33.1. The molecule has 9 nitrogen and oxygen atoms in total. The SMILES string of the molecule is CNS(=O)(=O)c1cc(C(=O)OC)ccc1C1CCN(CC[C@H](CN(C)C(=O)c2cc(C#N)cc3ccccc23)c2ccc(Cl)c(Cl)c2)CC1. The number of rotatable bonds is 11. The van der Waals surface area contributed by atoms with Crippen molar-refractivity contribution in [2.24, 2.45) is 0 Å². The number of carbonyl (C=O) groups is 2. The minimum Gasteiger partial charge on any atom is -0.465 e. The number of likely N-dealkylation sites (N-methyl/N-ethyl adjacent to an activating group) is 1. The molecule has 0 radical (unpaired) electrons. The van der Waals surface area contributed by atoms with Crippen molar-refractivity contribution in [3.05, 3.63) is 111 Å². The van der Waals surface area contributed by atoms with Gasteiger partial charge in [-0.15, -0.1) is 0 Å². The van der Waals surface area contributed by atoms with Gasteiger partial charge >= 0.3 is 5.97 Å². The summed E-state index contributed by atoms with van der Waals surface area (Å²) in [6, 6.07) is 23.4. The van der Waals surface area contributed by atoms with Crippen LogP contribution in [0.3, 0.4) is 0 Å². The summed E-state index contributed by atoms with van der Waals surface area (Å²) in [5, 5.41) is 12.1. The van der Waals surface area contributed by atoms with Gasteiger partial charge < -0.3 is 14.5 Å². The number of benzene rings is 4. The molecule has 1 atom stereocenters. The van der Waals surface area contributed by atoms with E-state index in [0.717, 1.165) is 55.2 Å². The fourth-order valence-electron chi connectivity index (χ4n) is 6.57. The summed E-state index contributed by atoms with van der Waals surface area (Å²) >= 11 is 12.7. The molecule has 1 N–H and O–H groups in total. The van der Waals surface area contributed by atoms with Gasteiger partial charge in [-0.05, 0) is 110 Å². The van der Waals surface area contributed by atoms with E-state index in [-0.39, 0.29) is 28.2 Å². The lowest BCUT2D eigenvalue weighted by atomic mass is 9.88. The van der Waals surface area contributed by atoms with Crippen LogP contribution >= 0.6 is 23.2 Å². The standard InChI is InChI=1S/C37H38Cl2N4O5S/c1-41-49(46,47)35-21-28(37(45)48-3)8-10-31(35)25-12-15-43(16-13-25)17-14-29(26-9-11-33(38)34(39)20-26)23-42(2)36(44)32-19-24(22-40)18-27-6-4-5-7-30(27)32/h4-11,18-21,25,29,41H,12-17,23H2,1-3H3/t29-/m1/s1. The van der Waals surface area contributed by atoms with Crippen LogP contribution in [0.1, 0.15) is 68.5 Å². The van der Waals surface area contributed by atoms with Crippen molar-refractivity contribution >= 4 is 55.9 Å². The summed E-state index contributed by atoms with van der Waals surface area (Å²) in [5.74, 6) is -0.841. The number of hydrogen-bond donors (Lipinski definition) is 1. The van der Waals surface area contributed by atoms with E-state index in [1.165, 1.54) is 20.2 Å². The van der Waals surface area contributed by atoms with Crippen LogP contribution in [0.4, 0.5) is 0 Å². The molecule has 0 unspecified atom stereocenters. The number of carbonyl (C=O) groups excluding carboxylic acids is 2. The quantitative estimate of drug-likeness (QED) is 0.169. The number of fused-ring (bicyclic) bond motifs is 1. The average molecular weight is 722 g/mol. The highest BCUT2D eigenvalue weighted by molar-refractivity contribution is 7.89. The lowest BCUT2D eigenvalue weighted by Crippen LogP contribution is -2.36. The van der Waals surface area contributed by atoms with E-state index in [2.05, 4.69) is 15.7 Å². The van der Waals surface area contributed by atoms with Crippen molar-refractivity contribution in [2.45, 2.75) is 36.0 Å². The van der Waals surface area contributed by atoms with Crippen molar-refractivity contribution in [3.8, 4) is 6.07 Å². The molecule has 1 aliphatic rings. The minimum atomic E-state index is -3.81. The second-order valence-electron chi connectivity index (χ2n) is 12.3. The van der Waals surface area contributed by atoms with Gasteiger partial charge in [0, 0.05) is 25.1 Å². The molecule has 1 amide bonds. The molecule has 0 saturated carbocycles. The molecule has 0 aliphatic carbocycles. The van der Waals surface area contributed by atoms with E-state index in [4.69, 9.17) is 27.9 Å². The molecule has 256 valence electrons. The van der Waals surface area contributed by atoms with Gasteiger partial charge in [0.05, 0.1) is 39.2 Å². The van der Waals surface area contributed by atoms with Crippen LogP contribution in [-0.2, 0) is 14.8 Å². The van der Waals surface area contributed by atoms with Gasteiger partial charge in [0.1, 0.15) is 0 Å². The van der Waals surface area contributed by atoms with Crippen LogP contribution in [0.5, 0.6) is 0 Å². The molecule has 49 heavy (non-hydrogen) atoms. The summed E-state index contributed by atoms with van der Waals surface area (Å²) in [7, 11) is 0.578. The van der Waals surface area contributed by atoms with E-state index in [1.54, 1.807) is 42.3 Å². The number of amides is 1. The summed E-state index contributed by atoms with van der Waals surface area (Å²) in [4.78, 5) is 30.2. The van der Waals surface area contributed by atoms with E-state index in [1.807, 2.05) is 36.4 Å². The number of esters is 1. The highest BCUT2D eigenvalue weighted by Crippen LogP contribution is 2.35. The van der Waals surface area contributed by atoms with Gasteiger partial charge in [-0.2, -0.15) is 5.26 Å². The maximum absolute atomic E-state index is 13.9. The monoisotopic (exact) mass is 720 g/mol. The molecule has 4 aromatic rings. The Balaban J connectivity index is 1.32. The van der Waals surface area contributed by atoms with Crippen LogP contribution in [0.15, 0.2) is 77.7 Å². The first-order chi connectivity index (χ1) is 23.4. The maximum Gasteiger partial charge on any atom is 0.337 e. The number of likely N-dealkylation sites (tertiary alicyclic amines) is 1. The van der Waals surface area contributed by atoms with E-state index in [0.29, 0.717) is 33.3 Å².